The van der Waals surface area contributed by atoms with Crippen molar-refractivity contribution in [1.82, 2.24) is 4.98 Å². The van der Waals surface area contributed by atoms with Gasteiger partial charge < -0.3 is 4.98 Å². The number of aromatic amines is 1. The first-order valence-corrected chi connectivity index (χ1v) is 6.85. The highest BCUT2D eigenvalue weighted by molar-refractivity contribution is 5.61. The summed E-state index contributed by atoms with van der Waals surface area (Å²) in [6.45, 7) is 0. The minimum absolute atomic E-state index is 0.205. The molecule has 1 saturated carbocycles. The Balaban J connectivity index is 2.04. The maximum atomic E-state index is 12.8. The Bertz CT molecular complexity index is 714. The Hall–Kier alpha value is -2.04. The maximum Gasteiger partial charge on any atom is 0.416 e. The van der Waals surface area contributed by atoms with Crippen LogP contribution in [0.1, 0.15) is 36.3 Å². The zero-order chi connectivity index (χ0) is 15.0. The third kappa shape index (κ3) is 2.86. The molecule has 0 bridgehead atoms. The first kappa shape index (κ1) is 13.9. The number of hydrogen-bond donors (Lipinski definition) is 1. The standard InChI is InChI=1S/C16H14F3NO/c17-16(18,19)13-8-14(20-15(21)9-13)12-6-2-5-11(7-12)10-3-1-4-10/h2,5-10H,1,3-4H2,(H,20,21). The Kier molecular flexibility index (Phi) is 3.35. The second-order valence-electron chi connectivity index (χ2n) is 5.40. The molecular formula is C16H14F3NO. The van der Waals surface area contributed by atoms with Crippen molar-refractivity contribution in [2.45, 2.75) is 31.4 Å². The number of nitrogens with one attached hydrogen (secondary N) is 1. The highest BCUT2D eigenvalue weighted by Gasteiger charge is 2.31. The van der Waals surface area contributed by atoms with Gasteiger partial charge in [-0.25, -0.2) is 0 Å². The topological polar surface area (TPSA) is 32.9 Å². The Morgan fingerprint density at radius 1 is 1.10 bits per heavy atom. The molecule has 110 valence electrons. The van der Waals surface area contributed by atoms with Crippen molar-refractivity contribution in [2.75, 3.05) is 0 Å². The van der Waals surface area contributed by atoms with Crippen molar-refractivity contribution in [3.8, 4) is 11.3 Å². The van der Waals surface area contributed by atoms with Gasteiger partial charge in [0, 0.05) is 11.8 Å². The van der Waals surface area contributed by atoms with E-state index >= 15 is 0 Å². The Morgan fingerprint density at radius 3 is 2.48 bits per heavy atom. The third-order valence-corrected chi connectivity index (χ3v) is 3.95. The summed E-state index contributed by atoms with van der Waals surface area (Å²) in [6.07, 6.45) is -1.10. The van der Waals surface area contributed by atoms with E-state index in [-0.39, 0.29) is 5.69 Å². The summed E-state index contributed by atoms with van der Waals surface area (Å²) >= 11 is 0. The van der Waals surface area contributed by atoms with Crippen LogP contribution in [0, 0.1) is 0 Å². The molecule has 0 saturated heterocycles. The van der Waals surface area contributed by atoms with E-state index in [1.165, 1.54) is 6.42 Å². The lowest BCUT2D eigenvalue weighted by atomic mass is 9.79. The summed E-state index contributed by atoms with van der Waals surface area (Å²) in [6, 6.07) is 8.96. The highest BCUT2D eigenvalue weighted by Crippen LogP contribution is 2.37. The van der Waals surface area contributed by atoms with Gasteiger partial charge in [0.2, 0.25) is 5.56 Å². The average molecular weight is 293 g/mol. The zero-order valence-corrected chi connectivity index (χ0v) is 11.2. The van der Waals surface area contributed by atoms with Crippen LogP contribution in [-0.4, -0.2) is 4.98 Å². The molecular weight excluding hydrogens is 279 g/mol. The molecule has 0 aliphatic heterocycles. The molecule has 2 nitrogen and oxygen atoms in total. The van der Waals surface area contributed by atoms with Crippen LogP contribution in [0.3, 0.4) is 0 Å². The van der Waals surface area contributed by atoms with E-state index in [0.717, 1.165) is 24.5 Å². The van der Waals surface area contributed by atoms with Crippen molar-refractivity contribution in [3.63, 3.8) is 0 Å². The minimum atomic E-state index is -4.52. The van der Waals surface area contributed by atoms with Gasteiger partial charge in [-0.3, -0.25) is 4.79 Å². The molecule has 0 atom stereocenters. The molecule has 1 aromatic heterocycles. The van der Waals surface area contributed by atoms with Gasteiger partial charge in [-0.05, 0) is 42.0 Å². The molecule has 1 aliphatic rings. The fourth-order valence-electron chi connectivity index (χ4n) is 2.56. The van der Waals surface area contributed by atoms with Gasteiger partial charge in [-0.1, -0.05) is 24.6 Å². The van der Waals surface area contributed by atoms with E-state index in [9.17, 15) is 18.0 Å². The summed E-state index contributed by atoms with van der Waals surface area (Å²) in [7, 11) is 0. The molecule has 1 N–H and O–H groups in total. The van der Waals surface area contributed by atoms with E-state index in [4.69, 9.17) is 0 Å². The second kappa shape index (κ2) is 5.06. The van der Waals surface area contributed by atoms with Crippen LogP contribution >= 0.6 is 0 Å². The minimum Gasteiger partial charge on any atom is -0.322 e. The molecule has 1 aliphatic carbocycles. The molecule has 0 amide bonds. The molecule has 1 heterocycles. The normalized spacial score (nSPS) is 15.8. The van der Waals surface area contributed by atoms with Crippen LogP contribution in [0.5, 0.6) is 0 Å². The number of pyridine rings is 1. The fourth-order valence-corrected chi connectivity index (χ4v) is 2.56. The Morgan fingerprint density at radius 2 is 1.86 bits per heavy atom. The van der Waals surface area contributed by atoms with Crippen molar-refractivity contribution in [3.05, 3.63) is 57.9 Å². The van der Waals surface area contributed by atoms with Gasteiger partial charge in [-0.15, -0.1) is 0 Å². The lowest BCUT2D eigenvalue weighted by Crippen LogP contribution is -2.14. The summed E-state index contributed by atoms with van der Waals surface area (Å²) in [4.78, 5) is 13.9. The van der Waals surface area contributed by atoms with Gasteiger partial charge in [-0.2, -0.15) is 13.2 Å². The van der Waals surface area contributed by atoms with Crippen molar-refractivity contribution in [2.24, 2.45) is 0 Å². The molecule has 3 rings (SSSR count). The van der Waals surface area contributed by atoms with E-state index in [0.29, 0.717) is 17.5 Å². The van der Waals surface area contributed by atoms with Crippen LogP contribution in [0.15, 0.2) is 41.2 Å². The summed E-state index contributed by atoms with van der Waals surface area (Å²) in [5.41, 5.74) is 0.278. The van der Waals surface area contributed by atoms with Crippen LogP contribution in [0.25, 0.3) is 11.3 Å². The van der Waals surface area contributed by atoms with Crippen molar-refractivity contribution < 1.29 is 13.2 Å². The smallest absolute Gasteiger partial charge is 0.322 e. The molecule has 1 aromatic carbocycles. The van der Waals surface area contributed by atoms with Crippen LogP contribution in [-0.2, 0) is 6.18 Å². The molecule has 1 fully saturated rings. The number of hydrogen-bond acceptors (Lipinski definition) is 1. The molecule has 2 aromatic rings. The first-order valence-electron chi connectivity index (χ1n) is 6.85. The van der Waals surface area contributed by atoms with Gasteiger partial charge in [0.1, 0.15) is 0 Å². The summed E-state index contributed by atoms with van der Waals surface area (Å²) < 4.78 is 38.3. The third-order valence-electron chi connectivity index (χ3n) is 3.95. The number of benzene rings is 1. The van der Waals surface area contributed by atoms with Crippen molar-refractivity contribution >= 4 is 0 Å². The SMILES string of the molecule is O=c1cc(C(F)(F)F)cc(-c2cccc(C3CCC3)c2)[nH]1. The highest BCUT2D eigenvalue weighted by atomic mass is 19.4. The molecule has 5 heteroatoms. The predicted molar refractivity (Wildman–Crippen MR) is 74.1 cm³/mol. The molecule has 0 unspecified atom stereocenters. The monoisotopic (exact) mass is 293 g/mol. The quantitative estimate of drug-likeness (QED) is 0.878. The molecule has 0 radical (unpaired) electrons. The lowest BCUT2D eigenvalue weighted by Gasteiger charge is -2.26. The van der Waals surface area contributed by atoms with Crippen LogP contribution in [0.4, 0.5) is 13.2 Å². The second-order valence-corrected chi connectivity index (χ2v) is 5.40. The lowest BCUT2D eigenvalue weighted by molar-refractivity contribution is -0.137. The number of rotatable bonds is 2. The van der Waals surface area contributed by atoms with Crippen LogP contribution < -0.4 is 5.56 Å². The number of aromatic nitrogens is 1. The number of halogens is 3. The van der Waals surface area contributed by atoms with E-state index in [1.54, 1.807) is 6.07 Å². The summed E-state index contributed by atoms with van der Waals surface area (Å²) in [5.74, 6) is 0.488. The van der Waals surface area contributed by atoms with Crippen molar-refractivity contribution in [1.29, 1.82) is 0 Å². The average Bonchev–Trinajstić information content (AvgIpc) is 2.35. The predicted octanol–water partition coefficient (Wildman–Crippen LogP) is 4.33. The molecule has 0 spiro atoms. The van der Waals surface area contributed by atoms with Crippen LogP contribution in [0.2, 0.25) is 0 Å². The van der Waals surface area contributed by atoms with E-state index < -0.39 is 17.3 Å². The zero-order valence-electron chi connectivity index (χ0n) is 11.2. The van der Waals surface area contributed by atoms with Gasteiger partial charge in [0.05, 0.1) is 5.56 Å². The largest absolute Gasteiger partial charge is 0.416 e. The number of H-pyrrole nitrogens is 1. The summed E-state index contributed by atoms with van der Waals surface area (Å²) in [5, 5.41) is 0. The first-order chi connectivity index (χ1) is 9.93. The Labute approximate surface area is 119 Å². The van der Waals surface area contributed by atoms with E-state index in [1.807, 2.05) is 18.2 Å². The van der Waals surface area contributed by atoms with Gasteiger partial charge in [0.15, 0.2) is 0 Å². The maximum absolute atomic E-state index is 12.8. The molecule has 21 heavy (non-hydrogen) atoms. The number of alkyl halides is 3. The van der Waals surface area contributed by atoms with Gasteiger partial charge >= 0.3 is 6.18 Å². The van der Waals surface area contributed by atoms with E-state index in [2.05, 4.69) is 4.98 Å². The fraction of sp³-hybridized carbons (Fsp3) is 0.312. The van der Waals surface area contributed by atoms with Gasteiger partial charge in [0.25, 0.3) is 0 Å².